The van der Waals surface area contributed by atoms with Crippen molar-refractivity contribution >= 4 is 11.8 Å². The maximum Gasteiger partial charge on any atom is 0.308 e. The van der Waals surface area contributed by atoms with Crippen LogP contribution in [-0.2, 0) is 14.3 Å². The summed E-state index contributed by atoms with van der Waals surface area (Å²) in [5.41, 5.74) is 0. The Kier molecular flexibility index (Phi) is 1.76. The lowest BCUT2D eigenvalue weighted by molar-refractivity contribution is -0.149. The van der Waals surface area contributed by atoms with E-state index in [9.17, 15) is 9.59 Å². The molecule has 0 spiro atoms. The summed E-state index contributed by atoms with van der Waals surface area (Å²) in [4.78, 5) is 22.8. The average Bonchev–Trinajstić information content (AvgIpc) is 2.13. The Hall–Kier alpha value is -0.860. The van der Waals surface area contributed by atoms with Gasteiger partial charge < -0.3 is 4.74 Å². The van der Waals surface area contributed by atoms with E-state index in [-0.39, 0.29) is 19.4 Å². The Balaban J connectivity index is 2.87. The number of carbonyl (C=O) groups excluding carboxylic acids is 2. The zero-order chi connectivity index (χ0) is 12.6. The number of rotatable bonds is 2. The van der Waals surface area contributed by atoms with Crippen molar-refractivity contribution in [3.63, 3.8) is 0 Å². The molecule has 0 radical (unpaired) electrons. The van der Waals surface area contributed by atoms with Crippen LogP contribution < -0.4 is 0 Å². The smallest absolute Gasteiger partial charge is 0.308 e. The predicted molar refractivity (Wildman–Crippen MR) is 43.6 cm³/mol. The minimum atomic E-state index is -2.29. The van der Waals surface area contributed by atoms with Gasteiger partial charge in [-0.2, -0.15) is 0 Å². The van der Waals surface area contributed by atoms with Crippen LogP contribution in [0.1, 0.15) is 38.0 Å². The van der Waals surface area contributed by atoms with Crippen molar-refractivity contribution in [2.45, 2.75) is 32.5 Å². The summed E-state index contributed by atoms with van der Waals surface area (Å²) in [6, 6.07) is 0. The van der Waals surface area contributed by atoms with Gasteiger partial charge in [-0.1, -0.05) is 0 Å². The summed E-state index contributed by atoms with van der Waals surface area (Å²) >= 11 is 0. The number of ether oxygens (including phenoxy) is 1. The third kappa shape index (κ3) is 2.32. The van der Waals surface area contributed by atoms with E-state index in [0.717, 1.165) is 0 Å². The Bertz CT molecular complexity index is 294. The second-order valence-corrected chi connectivity index (χ2v) is 2.54. The molecule has 3 heteroatoms. The van der Waals surface area contributed by atoms with E-state index in [1.807, 2.05) is 0 Å². The lowest BCUT2D eigenvalue weighted by Crippen LogP contribution is -2.23. The second kappa shape index (κ2) is 4.24. The van der Waals surface area contributed by atoms with Crippen LogP contribution in [0.5, 0.6) is 0 Å². The molecule has 1 aliphatic carbocycles. The van der Waals surface area contributed by atoms with Crippen molar-refractivity contribution in [1.82, 2.24) is 0 Å². The van der Waals surface area contributed by atoms with Crippen LogP contribution in [0.15, 0.2) is 0 Å². The van der Waals surface area contributed by atoms with Crippen LogP contribution in [0.3, 0.4) is 0 Å². The van der Waals surface area contributed by atoms with Gasteiger partial charge in [0.2, 0.25) is 0 Å². The van der Waals surface area contributed by atoms with E-state index in [4.69, 9.17) is 10.2 Å². The summed E-state index contributed by atoms with van der Waals surface area (Å²) in [6.45, 7) is 1.78. The predicted octanol–water partition coefficient (Wildman–Crippen LogP) is 1.31. The van der Waals surface area contributed by atoms with Crippen molar-refractivity contribution in [3.8, 4) is 0 Å². The van der Waals surface area contributed by atoms with E-state index in [2.05, 4.69) is 0 Å². The molecule has 12 heavy (non-hydrogen) atoms. The molecule has 0 atom stereocenters. The number of ketones is 1. The van der Waals surface area contributed by atoms with E-state index >= 15 is 0 Å². The first kappa shape index (κ1) is 5.00. The fourth-order valence-corrected chi connectivity index (χ4v) is 0.993. The molecule has 0 amide bonds. The van der Waals surface area contributed by atoms with Gasteiger partial charge in [0.1, 0.15) is 5.78 Å². The molecule has 68 valence electrons. The highest BCUT2D eigenvalue weighted by Crippen LogP contribution is 2.22. The normalized spacial score (nSPS) is 32.6. The van der Waals surface area contributed by atoms with Gasteiger partial charge in [-0.25, -0.2) is 0 Å². The standard InChI is InChI=1S/C9H14O3/c1-2-12-9(11)7-3-5-8(10)6-4-7/h7H,2-6H2,1H3/i5D2,6D2. The van der Waals surface area contributed by atoms with Crippen molar-refractivity contribution in [1.29, 1.82) is 0 Å². The van der Waals surface area contributed by atoms with Crippen LogP contribution in [0.2, 0.25) is 0 Å². The van der Waals surface area contributed by atoms with E-state index in [0.29, 0.717) is 0 Å². The maximum absolute atomic E-state index is 11.4. The molecule has 0 saturated heterocycles. The molecular formula is C9H14O3. The first-order valence-corrected chi connectivity index (χ1v) is 3.92. The lowest BCUT2D eigenvalue weighted by atomic mass is 9.88. The van der Waals surface area contributed by atoms with Gasteiger partial charge in [-0.05, 0) is 19.8 Å². The molecule has 0 aromatic rings. The topological polar surface area (TPSA) is 43.4 Å². The first-order chi connectivity index (χ1) is 7.20. The Morgan fingerprint density at radius 2 is 2.25 bits per heavy atom. The molecule has 0 heterocycles. The van der Waals surface area contributed by atoms with Crippen LogP contribution in [0.25, 0.3) is 0 Å². The lowest BCUT2D eigenvalue weighted by Gasteiger charge is -2.18. The summed E-state index contributed by atoms with van der Waals surface area (Å²) in [6.07, 6.45) is -5.19. The highest BCUT2D eigenvalue weighted by Gasteiger charge is 2.25. The largest absolute Gasteiger partial charge is 0.466 e. The van der Waals surface area contributed by atoms with Crippen LogP contribution >= 0.6 is 0 Å². The average molecular weight is 174 g/mol. The SMILES string of the molecule is [2H]C1([2H])CC(C(=O)OCC)CC([2H])([2H])C1=O. The number of carbonyl (C=O) groups is 2. The third-order valence-electron chi connectivity index (χ3n) is 1.64. The van der Waals surface area contributed by atoms with Gasteiger partial charge in [0.05, 0.1) is 12.5 Å². The summed E-state index contributed by atoms with van der Waals surface area (Å²) in [7, 11) is 0. The van der Waals surface area contributed by atoms with Crippen LogP contribution in [0.4, 0.5) is 0 Å². The van der Waals surface area contributed by atoms with Crippen LogP contribution in [-0.4, -0.2) is 18.4 Å². The van der Waals surface area contributed by atoms with E-state index < -0.39 is 30.4 Å². The molecule has 0 N–H and O–H groups in total. The van der Waals surface area contributed by atoms with Gasteiger partial charge in [0.25, 0.3) is 0 Å². The highest BCUT2D eigenvalue weighted by atomic mass is 16.5. The Morgan fingerprint density at radius 3 is 2.75 bits per heavy atom. The number of hydrogen-bond donors (Lipinski definition) is 0. The molecule has 0 unspecified atom stereocenters. The first-order valence-electron chi connectivity index (χ1n) is 5.92. The molecule has 1 fully saturated rings. The number of hydrogen-bond acceptors (Lipinski definition) is 3. The van der Waals surface area contributed by atoms with Gasteiger partial charge in [-0.15, -0.1) is 0 Å². The highest BCUT2D eigenvalue weighted by molar-refractivity contribution is 5.82. The second-order valence-electron chi connectivity index (χ2n) is 2.54. The van der Waals surface area contributed by atoms with E-state index in [1.165, 1.54) is 0 Å². The summed E-state index contributed by atoms with van der Waals surface area (Å²) in [5, 5.41) is 0. The maximum atomic E-state index is 11.4. The molecular weight excluding hydrogens is 156 g/mol. The minimum absolute atomic E-state index is 0.162. The van der Waals surface area contributed by atoms with Gasteiger partial charge >= 0.3 is 5.97 Å². The molecule has 1 saturated carbocycles. The van der Waals surface area contributed by atoms with Gasteiger partial charge in [-0.3, -0.25) is 9.59 Å². The fraction of sp³-hybridized carbons (Fsp3) is 0.778. The molecule has 0 aliphatic heterocycles. The van der Waals surface area contributed by atoms with Crippen LogP contribution in [0, 0.1) is 5.92 Å². The molecule has 1 rings (SSSR count). The minimum Gasteiger partial charge on any atom is -0.466 e. The number of Topliss-reactive ketones (excluding diaryl/α,β-unsaturated/α-hetero) is 1. The molecule has 0 bridgehead atoms. The summed E-state index contributed by atoms with van der Waals surface area (Å²) in [5.74, 6) is -2.61. The zero-order valence-corrected chi connectivity index (χ0v) is 6.92. The Morgan fingerprint density at radius 1 is 1.67 bits per heavy atom. The molecule has 0 aromatic heterocycles. The Labute approximate surface area is 77.7 Å². The monoisotopic (exact) mass is 174 g/mol. The summed E-state index contributed by atoms with van der Waals surface area (Å²) < 4.78 is 34.4. The molecule has 3 nitrogen and oxygen atoms in total. The van der Waals surface area contributed by atoms with Crippen molar-refractivity contribution in [3.05, 3.63) is 0 Å². The fourth-order valence-electron chi connectivity index (χ4n) is 0.993. The molecule has 1 aliphatic rings. The zero-order valence-electron chi connectivity index (χ0n) is 10.9. The van der Waals surface area contributed by atoms with Crippen molar-refractivity contribution < 1.29 is 19.8 Å². The van der Waals surface area contributed by atoms with Gasteiger partial charge in [0, 0.05) is 18.2 Å². The van der Waals surface area contributed by atoms with Gasteiger partial charge in [0.15, 0.2) is 0 Å². The van der Waals surface area contributed by atoms with Crippen molar-refractivity contribution in [2.24, 2.45) is 5.92 Å². The molecule has 0 aromatic carbocycles. The van der Waals surface area contributed by atoms with Crippen molar-refractivity contribution in [2.75, 3.05) is 6.61 Å². The van der Waals surface area contributed by atoms with E-state index in [1.54, 1.807) is 6.92 Å². The number of esters is 1. The quantitative estimate of drug-likeness (QED) is 0.593. The third-order valence-corrected chi connectivity index (χ3v) is 1.64.